The monoisotopic (exact) mass is 382 g/mol. The van der Waals surface area contributed by atoms with E-state index in [9.17, 15) is 9.59 Å². The van der Waals surface area contributed by atoms with Crippen LogP contribution in [0.2, 0.25) is 0 Å². The smallest absolute Gasteiger partial charge is 0.289 e. The molecule has 1 aliphatic heterocycles. The summed E-state index contributed by atoms with van der Waals surface area (Å²) in [4.78, 5) is 36.7. The van der Waals surface area contributed by atoms with Gasteiger partial charge in [0.25, 0.3) is 11.8 Å². The molecule has 28 heavy (non-hydrogen) atoms. The number of carbonyl (C=O) groups excluding carboxylic acids is 2. The van der Waals surface area contributed by atoms with Gasteiger partial charge < -0.3 is 24.1 Å². The second-order valence-electron chi connectivity index (χ2n) is 6.29. The van der Waals surface area contributed by atoms with Crippen molar-refractivity contribution >= 4 is 23.5 Å². The highest BCUT2D eigenvalue weighted by molar-refractivity contribution is 6.02. The molecule has 2 amide bonds. The number of carbonyl (C=O) groups is 2. The zero-order chi connectivity index (χ0) is 19.5. The minimum Gasteiger partial charge on any atom is -0.459 e. The van der Waals surface area contributed by atoms with Gasteiger partial charge >= 0.3 is 0 Å². The van der Waals surface area contributed by atoms with Crippen LogP contribution >= 0.6 is 0 Å². The Hall–Kier alpha value is -3.69. The van der Waals surface area contributed by atoms with E-state index in [-0.39, 0.29) is 11.6 Å². The van der Waals surface area contributed by atoms with E-state index in [1.165, 1.54) is 12.5 Å². The normalized spacial score (nSPS) is 14.2. The average molecular weight is 382 g/mol. The van der Waals surface area contributed by atoms with Gasteiger partial charge in [-0.2, -0.15) is 0 Å². The maximum absolute atomic E-state index is 12.3. The number of aryl methyl sites for hydroxylation is 1. The van der Waals surface area contributed by atoms with Gasteiger partial charge in [-0.25, -0.2) is 9.97 Å². The van der Waals surface area contributed by atoms with Crippen LogP contribution in [0.4, 0.5) is 11.6 Å². The first kappa shape index (κ1) is 17.7. The molecule has 0 aliphatic carbocycles. The third kappa shape index (κ3) is 3.70. The molecular formula is C18H18N6O4. The number of anilines is 2. The van der Waals surface area contributed by atoms with E-state index in [1.807, 2.05) is 4.90 Å². The molecule has 0 spiro atoms. The lowest BCUT2D eigenvalue weighted by atomic mass is 10.3. The Balaban J connectivity index is 1.34. The molecule has 4 rings (SSSR count). The Bertz CT molecular complexity index is 958. The average Bonchev–Trinajstić information content (AvgIpc) is 3.40. The fourth-order valence-electron chi connectivity index (χ4n) is 2.90. The minimum atomic E-state index is -0.416. The molecule has 4 heterocycles. The van der Waals surface area contributed by atoms with Crippen molar-refractivity contribution in [1.29, 1.82) is 0 Å². The standard InChI is InChI=1S/C18H18N6O4/c1-12-9-15(22-28-12)21-17(25)13-10-20-16(11-19-13)23-4-6-24(7-5-23)18(26)14-3-2-8-27-14/h2-3,8-11H,4-7H2,1H3,(H,21,22,25). The molecule has 0 aromatic carbocycles. The highest BCUT2D eigenvalue weighted by Gasteiger charge is 2.24. The topological polar surface area (TPSA) is 118 Å². The van der Waals surface area contributed by atoms with Crippen LogP contribution in [0.25, 0.3) is 0 Å². The zero-order valence-corrected chi connectivity index (χ0v) is 15.2. The van der Waals surface area contributed by atoms with E-state index in [2.05, 4.69) is 20.4 Å². The summed E-state index contributed by atoms with van der Waals surface area (Å²) in [6.07, 6.45) is 4.45. The molecule has 3 aromatic heterocycles. The number of piperazine rings is 1. The number of rotatable bonds is 4. The van der Waals surface area contributed by atoms with Crippen molar-refractivity contribution in [2.45, 2.75) is 6.92 Å². The maximum atomic E-state index is 12.3. The lowest BCUT2D eigenvalue weighted by Crippen LogP contribution is -2.49. The Morgan fingerprint density at radius 1 is 1.14 bits per heavy atom. The van der Waals surface area contributed by atoms with Crippen LogP contribution in [0.5, 0.6) is 0 Å². The molecule has 1 fully saturated rings. The quantitative estimate of drug-likeness (QED) is 0.723. The molecule has 144 valence electrons. The number of hydrogen-bond donors (Lipinski definition) is 1. The van der Waals surface area contributed by atoms with E-state index in [0.29, 0.717) is 49.3 Å². The molecule has 0 radical (unpaired) electrons. The lowest BCUT2D eigenvalue weighted by Gasteiger charge is -2.34. The first-order valence-corrected chi connectivity index (χ1v) is 8.74. The zero-order valence-electron chi connectivity index (χ0n) is 15.2. The summed E-state index contributed by atoms with van der Waals surface area (Å²) in [5.41, 5.74) is 0.177. The molecule has 0 unspecified atom stereocenters. The third-order valence-corrected chi connectivity index (χ3v) is 4.36. The number of nitrogens with zero attached hydrogens (tertiary/aromatic N) is 5. The van der Waals surface area contributed by atoms with Crippen molar-refractivity contribution < 1.29 is 18.5 Å². The van der Waals surface area contributed by atoms with Gasteiger partial charge in [0.15, 0.2) is 11.6 Å². The molecule has 10 heteroatoms. The van der Waals surface area contributed by atoms with Gasteiger partial charge in [-0.1, -0.05) is 5.16 Å². The largest absolute Gasteiger partial charge is 0.459 e. The van der Waals surface area contributed by atoms with Crippen LogP contribution in [-0.2, 0) is 0 Å². The second-order valence-corrected chi connectivity index (χ2v) is 6.29. The molecule has 1 aliphatic rings. The van der Waals surface area contributed by atoms with Crippen LogP contribution in [-0.4, -0.2) is 58.0 Å². The van der Waals surface area contributed by atoms with Gasteiger partial charge in [0.05, 0.1) is 18.7 Å². The van der Waals surface area contributed by atoms with Crippen molar-refractivity contribution in [3.63, 3.8) is 0 Å². The van der Waals surface area contributed by atoms with Gasteiger partial charge in [0.1, 0.15) is 17.3 Å². The number of nitrogens with one attached hydrogen (secondary N) is 1. The predicted molar refractivity (Wildman–Crippen MR) is 98.0 cm³/mol. The first-order chi connectivity index (χ1) is 13.6. The second kappa shape index (κ2) is 7.51. The molecule has 10 nitrogen and oxygen atoms in total. The van der Waals surface area contributed by atoms with Gasteiger partial charge in [0.2, 0.25) is 0 Å². The Morgan fingerprint density at radius 3 is 2.57 bits per heavy atom. The molecule has 0 atom stereocenters. The summed E-state index contributed by atoms with van der Waals surface area (Å²) < 4.78 is 10.1. The van der Waals surface area contributed by atoms with E-state index in [0.717, 1.165) is 0 Å². The van der Waals surface area contributed by atoms with Crippen LogP contribution in [0.1, 0.15) is 26.8 Å². The Morgan fingerprint density at radius 2 is 1.96 bits per heavy atom. The van der Waals surface area contributed by atoms with Crippen molar-refractivity contribution in [3.8, 4) is 0 Å². The van der Waals surface area contributed by atoms with Crippen molar-refractivity contribution in [1.82, 2.24) is 20.0 Å². The highest BCUT2D eigenvalue weighted by atomic mass is 16.5. The van der Waals surface area contributed by atoms with Crippen molar-refractivity contribution in [2.24, 2.45) is 0 Å². The summed E-state index contributed by atoms with van der Waals surface area (Å²) in [5.74, 6) is 1.38. The van der Waals surface area contributed by atoms with E-state index >= 15 is 0 Å². The highest BCUT2D eigenvalue weighted by Crippen LogP contribution is 2.15. The Labute approximate surface area is 160 Å². The van der Waals surface area contributed by atoms with E-state index < -0.39 is 5.91 Å². The van der Waals surface area contributed by atoms with Crippen LogP contribution in [0.15, 0.2) is 45.8 Å². The molecule has 1 saturated heterocycles. The van der Waals surface area contributed by atoms with Gasteiger partial charge in [-0.3, -0.25) is 9.59 Å². The van der Waals surface area contributed by atoms with Crippen LogP contribution in [0, 0.1) is 6.92 Å². The summed E-state index contributed by atoms with van der Waals surface area (Å²) in [6, 6.07) is 4.97. The maximum Gasteiger partial charge on any atom is 0.289 e. The van der Waals surface area contributed by atoms with Gasteiger partial charge in [-0.15, -0.1) is 0 Å². The third-order valence-electron chi connectivity index (χ3n) is 4.36. The summed E-state index contributed by atoms with van der Waals surface area (Å²) in [6.45, 7) is 4.07. The number of hydrogen-bond acceptors (Lipinski definition) is 8. The number of amides is 2. The Kier molecular flexibility index (Phi) is 4.75. The molecule has 1 N–H and O–H groups in total. The molecule has 3 aromatic rings. The molecule has 0 bridgehead atoms. The van der Waals surface area contributed by atoms with Crippen molar-refractivity contribution in [2.75, 3.05) is 36.4 Å². The SMILES string of the molecule is Cc1cc(NC(=O)c2cnc(N3CCN(C(=O)c4ccco4)CC3)cn2)no1. The summed E-state index contributed by atoms with van der Waals surface area (Å²) in [5, 5.41) is 6.31. The lowest BCUT2D eigenvalue weighted by molar-refractivity contribution is 0.0714. The van der Waals surface area contributed by atoms with E-state index in [4.69, 9.17) is 8.94 Å². The molecular weight excluding hydrogens is 364 g/mol. The van der Waals surface area contributed by atoms with Gasteiger partial charge in [0, 0.05) is 32.2 Å². The summed E-state index contributed by atoms with van der Waals surface area (Å²) >= 11 is 0. The number of furan rings is 1. The van der Waals surface area contributed by atoms with Crippen LogP contribution < -0.4 is 10.2 Å². The number of aromatic nitrogens is 3. The fourth-order valence-corrected chi connectivity index (χ4v) is 2.90. The van der Waals surface area contributed by atoms with Gasteiger partial charge in [-0.05, 0) is 19.1 Å². The molecule has 0 saturated carbocycles. The van der Waals surface area contributed by atoms with Crippen molar-refractivity contribution in [3.05, 3.63) is 54.1 Å². The van der Waals surface area contributed by atoms with Crippen LogP contribution in [0.3, 0.4) is 0 Å². The fraction of sp³-hybridized carbons (Fsp3) is 0.278. The summed E-state index contributed by atoms with van der Waals surface area (Å²) in [7, 11) is 0. The van der Waals surface area contributed by atoms with E-state index in [1.54, 1.807) is 36.2 Å². The predicted octanol–water partition coefficient (Wildman–Crippen LogP) is 1.58. The first-order valence-electron chi connectivity index (χ1n) is 8.74. The minimum absolute atomic E-state index is 0.120.